The van der Waals surface area contributed by atoms with Gasteiger partial charge in [0.05, 0.1) is 29.6 Å². The number of aromatic nitrogens is 4. The summed E-state index contributed by atoms with van der Waals surface area (Å²) < 4.78 is 9.93. The first-order valence-electron chi connectivity index (χ1n) is 12.7. The molecule has 0 unspecified atom stereocenters. The van der Waals surface area contributed by atoms with Crippen LogP contribution in [-0.2, 0) is 22.7 Å². The Morgan fingerprint density at radius 1 is 0.738 bits per heavy atom. The van der Waals surface area contributed by atoms with Crippen molar-refractivity contribution in [3.8, 4) is 22.5 Å². The maximum atomic E-state index is 11.9. The molecule has 4 N–H and O–H groups in total. The fourth-order valence-electron chi connectivity index (χ4n) is 4.62. The third kappa shape index (κ3) is 7.71. The van der Waals surface area contributed by atoms with Crippen LogP contribution in [-0.4, -0.2) is 56.3 Å². The molecule has 0 saturated heterocycles. The number of aliphatic hydroxyl groups is 1. The summed E-state index contributed by atoms with van der Waals surface area (Å²) in [7, 11) is 3.02. The number of carbonyl (C=O) groups is 2. The summed E-state index contributed by atoms with van der Waals surface area (Å²) in [5, 5.41) is 18.3. The number of carboxylic acids is 1. The Morgan fingerprint density at radius 2 is 1.19 bits per heavy atom. The molecule has 4 rings (SSSR count). The quantitative estimate of drug-likeness (QED) is 0.183. The van der Waals surface area contributed by atoms with Gasteiger partial charge in [-0.1, -0.05) is 27.0 Å². The predicted octanol–water partition coefficient (Wildman–Crippen LogP) is 6.40. The molecule has 0 bridgehead atoms. The van der Waals surface area contributed by atoms with E-state index < -0.39 is 5.97 Å². The number of aliphatic hydroxyl groups excluding tert-OH is 1. The van der Waals surface area contributed by atoms with E-state index in [4.69, 9.17) is 14.6 Å². The van der Waals surface area contributed by atoms with E-state index in [1.165, 1.54) is 7.11 Å². The van der Waals surface area contributed by atoms with Crippen molar-refractivity contribution in [3.63, 3.8) is 0 Å². The van der Waals surface area contributed by atoms with Crippen LogP contribution in [0, 0.1) is 41.5 Å². The summed E-state index contributed by atoms with van der Waals surface area (Å²) in [6.45, 7) is 11.7. The minimum atomic E-state index is -0.950. The molecule has 10 heteroatoms. The number of ether oxygens (including phenoxy) is 2. The monoisotopic (exact) mass is 580 g/mol. The number of rotatable bonds is 7. The molecule has 0 aliphatic carbocycles. The number of nitrogens with one attached hydrogen (secondary N) is 2. The van der Waals surface area contributed by atoms with Gasteiger partial charge in [0.1, 0.15) is 24.9 Å². The minimum absolute atomic E-state index is 0. The van der Waals surface area contributed by atoms with Gasteiger partial charge < -0.3 is 29.7 Å². The molecular weight excluding hydrogens is 536 g/mol. The van der Waals surface area contributed by atoms with Gasteiger partial charge >= 0.3 is 11.9 Å². The van der Waals surface area contributed by atoms with Crippen LogP contribution in [0.1, 0.15) is 80.9 Å². The summed E-state index contributed by atoms with van der Waals surface area (Å²) in [4.78, 5) is 38.1. The lowest BCUT2D eigenvalue weighted by atomic mass is 9.97. The van der Waals surface area contributed by atoms with Crippen molar-refractivity contribution < 1.29 is 29.3 Å². The fraction of sp³-hybridized carbons (Fsp3) is 0.375. The van der Waals surface area contributed by atoms with Gasteiger partial charge in [0, 0.05) is 29.6 Å². The molecule has 2 heterocycles. The first kappa shape index (κ1) is 35.7. The van der Waals surface area contributed by atoms with E-state index in [-0.39, 0.29) is 33.0 Å². The van der Waals surface area contributed by atoms with Crippen molar-refractivity contribution in [2.24, 2.45) is 0 Å². The Labute approximate surface area is 248 Å². The van der Waals surface area contributed by atoms with Crippen LogP contribution in [0.4, 0.5) is 0 Å². The summed E-state index contributed by atoms with van der Waals surface area (Å²) >= 11 is 0. The van der Waals surface area contributed by atoms with Gasteiger partial charge in [-0.25, -0.2) is 19.6 Å². The number of carboxylic acid groups (broad SMARTS) is 1. The van der Waals surface area contributed by atoms with Gasteiger partial charge in [-0.2, -0.15) is 0 Å². The number of H-pyrrole nitrogens is 2. The molecule has 4 aromatic rings. The Bertz CT molecular complexity index is 1550. The number of carbonyl (C=O) groups excluding carboxylic acids is 1. The summed E-state index contributed by atoms with van der Waals surface area (Å²) in [6, 6.07) is 7.30. The highest BCUT2D eigenvalue weighted by Gasteiger charge is 2.18. The number of benzene rings is 2. The lowest BCUT2D eigenvalue weighted by Gasteiger charge is -2.10. The molecule has 228 valence electrons. The molecule has 2 aromatic heterocycles. The van der Waals surface area contributed by atoms with Crippen LogP contribution >= 0.6 is 0 Å². The van der Waals surface area contributed by atoms with Crippen LogP contribution in [0.3, 0.4) is 0 Å². The first-order valence-corrected chi connectivity index (χ1v) is 12.7. The molecule has 0 amide bonds. The second-order valence-corrected chi connectivity index (χ2v) is 9.67. The largest absolute Gasteiger partial charge is 0.478 e. The standard InChI is InChI=1S/C16H20N2O3.C14H16N2O3.2CH4/c1-9-6-10(2)13(16(19)21-5)7-12(9)15-11(3)17-14(18-15)8-20-4;1-7-4-8(2)11(14(18)19)5-10(7)13-9(3)15-12(6-17)16-13;;/h6-7H,8H2,1-5H3,(H,17,18);4-5,17H,6H2,1-3H3,(H,15,16)(H,18,19);2*1H4. The molecule has 0 fully saturated rings. The average Bonchev–Trinajstić information content (AvgIpc) is 3.45. The van der Waals surface area contributed by atoms with Crippen molar-refractivity contribution in [2.45, 2.75) is 69.6 Å². The average molecular weight is 581 g/mol. The molecule has 0 atom stereocenters. The van der Waals surface area contributed by atoms with E-state index in [2.05, 4.69) is 19.9 Å². The molecule has 42 heavy (non-hydrogen) atoms. The molecule has 0 aliphatic heterocycles. The van der Waals surface area contributed by atoms with E-state index in [0.29, 0.717) is 23.7 Å². The molecule has 0 aliphatic rings. The molecule has 0 spiro atoms. The van der Waals surface area contributed by atoms with Gasteiger partial charge in [0.15, 0.2) is 0 Å². The summed E-state index contributed by atoms with van der Waals surface area (Å²) in [6.07, 6.45) is 0. The number of esters is 1. The van der Waals surface area contributed by atoms with Crippen molar-refractivity contribution in [1.82, 2.24) is 19.9 Å². The zero-order valence-electron chi connectivity index (χ0n) is 24.1. The topological polar surface area (TPSA) is 150 Å². The number of hydrogen-bond donors (Lipinski definition) is 4. The molecule has 0 saturated carbocycles. The van der Waals surface area contributed by atoms with Gasteiger partial charge in [-0.05, 0) is 75.9 Å². The van der Waals surface area contributed by atoms with Crippen LogP contribution in [0.5, 0.6) is 0 Å². The smallest absolute Gasteiger partial charge is 0.338 e. The molecule has 10 nitrogen and oxygen atoms in total. The highest BCUT2D eigenvalue weighted by molar-refractivity contribution is 5.93. The van der Waals surface area contributed by atoms with Crippen molar-refractivity contribution >= 4 is 11.9 Å². The Kier molecular flexibility index (Phi) is 12.8. The van der Waals surface area contributed by atoms with Crippen LogP contribution in [0.15, 0.2) is 24.3 Å². The number of aryl methyl sites for hydroxylation is 6. The highest BCUT2D eigenvalue weighted by Crippen LogP contribution is 2.29. The maximum absolute atomic E-state index is 11.9. The number of hydrogen-bond acceptors (Lipinski definition) is 7. The van der Waals surface area contributed by atoms with E-state index in [9.17, 15) is 14.7 Å². The third-order valence-corrected chi connectivity index (χ3v) is 6.59. The van der Waals surface area contributed by atoms with E-state index in [0.717, 1.165) is 56.3 Å². The maximum Gasteiger partial charge on any atom is 0.338 e. The van der Waals surface area contributed by atoms with E-state index in [1.54, 1.807) is 20.1 Å². The Hall–Kier alpha value is -4.28. The lowest BCUT2D eigenvalue weighted by Crippen LogP contribution is -2.05. The first-order chi connectivity index (χ1) is 18.9. The number of imidazole rings is 2. The Balaban J connectivity index is 0.000000403. The third-order valence-electron chi connectivity index (χ3n) is 6.59. The van der Waals surface area contributed by atoms with Gasteiger partial charge in [-0.3, -0.25) is 0 Å². The van der Waals surface area contributed by atoms with Crippen LogP contribution in [0.25, 0.3) is 22.5 Å². The summed E-state index contributed by atoms with van der Waals surface area (Å²) in [5.74, 6) is -0.0395. The van der Waals surface area contributed by atoms with Crippen molar-refractivity contribution in [3.05, 3.63) is 80.7 Å². The van der Waals surface area contributed by atoms with Gasteiger partial charge in [-0.15, -0.1) is 0 Å². The van der Waals surface area contributed by atoms with E-state index in [1.807, 2.05) is 52.8 Å². The van der Waals surface area contributed by atoms with E-state index >= 15 is 0 Å². The second kappa shape index (κ2) is 15.1. The predicted molar refractivity (Wildman–Crippen MR) is 165 cm³/mol. The lowest BCUT2D eigenvalue weighted by molar-refractivity contribution is 0.0599. The number of aromatic amines is 2. The van der Waals surface area contributed by atoms with Crippen molar-refractivity contribution in [1.29, 1.82) is 0 Å². The Morgan fingerprint density at radius 3 is 1.62 bits per heavy atom. The molecule has 0 radical (unpaired) electrons. The van der Waals surface area contributed by atoms with Gasteiger partial charge in [0.2, 0.25) is 0 Å². The number of aromatic carboxylic acids is 1. The fourth-order valence-corrected chi connectivity index (χ4v) is 4.62. The molecular formula is C32H44N4O6. The molecule has 2 aromatic carbocycles. The van der Waals surface area contributed by atoms with Crippen LogP contribution in [0.2, 0.25) is 0 Å². The van der Waals surface area contributed by atoms with Crippen LogP contribution < -0.4 is 0 Å². The minimum Gasteiger partial charge on any atom is -0.478 e. The zero-order valence-corrected chi connectivity index (χ0v) is 24.1. The van der Waals surface area contributed by atoms with Gasteiger partial charge in [0.25, 0.3) is 0 Å². The number of nitrogens with zero attached hydrogens (tertiary/aromatic N) is 2. The van der Waals surface area contributed by atoms with Crippen molar-refractivity contribution in [2.75, 3.05) is 14.2 Å². The number of methoxy groups -OCH3 is 2. The SMILES string of the molecule is C.C.COCc1nc(-c2cc(C(=O)OC)c(C)cc2C)c(C)[nH]1.Cc1cc(C)c(-c2nc(CO)[nH]c2C)cc1C(=O)O. The summed E-state index contributed by atoms with van der Waals surface area (Å²) in [5.41, 5.74) is 9.47. The highest BCUT2D eigenvalue weighted by atomic mass is 16.5. The normalized spacial score (nSPS) is 10.2. The zero-order chi connectivity index (χ0) is 29.7. The second-order valence-electron chi connectivity index (χ2n) is 9.67.